The zero-order valence-corrected chi connectivity index (χ0v) is 12.7. The van der Waals surface area contributed by atoms with Crippen molar-refractivity contribution in [1.29, 1.82) is 0 Å². The van der Waals surface area contributed by atoms with Gasteiger partial charge in [0.25, 0.3) is 5.91 Å². The molecular formula is C14H19BrN2O2. The fraction of sp³-hybridized carbons (Fsp3) is 0.500. The molecule has 1 aromatic carbocycles. The molecule has 1 saturated heterocycles. The Labute approximate surface area is 122 Å². The van der Waals surface area contributed by atoms with Gasteiger partial charge in [0.05, 0.1) is 4.47 Å². The molecule has 5 heteroatoms. The number of halogens is 1. The van der Waals surface area contributed by atoms with E-state index in [0.29, 0.717) is 10.0 Å². The molecule has 0 aliphatic carbocycles. The predicted molar refractivity (Wildman–Crippen MR) is 78.4 cm³/mol. The number of phenols is 1. The third kappa shape index (κ3) is 3.48. The molecule has 1 N–H and O–H groups in total. The quantitative estimate of drug-likeness (QED) is 0.927. The van der Waals surface area contributed by atoms with E-state index in [4.69, 9.17) is 0 Å². The van der Waals surface area contributed by atoms with Crippen LogP contribution in [-0.4, -0.2) is 53.5 Å². The number of carbonyl (C=O) groups excluding carboxylic acids is 1. The number of aromatic hydroxyl groups is 1. The smallest absolute Gasteiger partial charge is 0.254 e. The molecule has 1 amide bonds. The Morgan fingerprint density at radius 1 is 1.32 bits per heavy atom. The molecule has 4 nitrogen and oxygen atoms in total. The number of carbonyl (C=O) groups is 1. The second-order valence-electron chi connectivity index (χ2n) is 4.80. The molecule has 1 aliphatic heterocycles. The lowest BCUT2D eigenvalue weighted by Crippen LogP contribution is -2.48. The summed E-state index contributed by atoms with van der Waals surface area (Å²) in [5, 5.41) is 9.63. The minimum atomic E-state index is -0.000974. The van der Waals surface area contributed by atoms with Gasteiger partial charge in [-0.25, -0.2) is 0 Å². The maximum absolute atomic E-state index is 12.3. The Bertz CT molecular complexity index is 457. The lowest BCUT2D eigenvalue weighted by molar-refractivity contribution is 0.0637. The van der Waals surface area contributed by atoms with Crippen molar-refractivity contribution in [2.75, 3.05) is 32.7 Å². The Balaban J connectivity index is 1.99. The number of hydrogen-bond donors (Lipinski definition) is 1. The fourth-order valence-electron chi connectivity index (χ4n) is 2.32. The lowest BCUT2D eigenvalue weighted by atomic mass is 10.1. The van der Waals surface area contributed by atoms with Crippen LogP contribution in [0.2, 0.25) is 0 Å². The number of hydrogen-bond acceptors (Lipinski definition) is 3. The summed E-state index contributed by atoms with van der Waals surface area (Å²) in [4.78, 5) is 16.5. The summed E-state index contributed by atoms with van der Waals surface area (Å²) in [7, 11) is 0. The van der Waals surface area contributed by atoms with E-state index >= 15 is 0 Å². The molecule has 1 fully saturated rings. The van der Waals surface area contributed by atoms with Gasteiger partial charge in [-0.05, 0) is 47.1 Å². The minimum absolute atomic E-state index is 0.000974. The van der Waals surface area contributed by atoms with E-state index in [1.165, 1.54) is 6.07 Å². The first kappa shape index (κ1) is 14.3. The Hall–Kier alpha value is -1.07. The molecule has 0 saturated carbocycles. The maximum Gasteiger partial charge on any atom is 0.254 e. The molecule has 1 aromatic rings. The van der Waals surface area contributed by atoms with Gasteiger partial charge in [-0.1, -0.05) is 6.92 Å². The largest absolute Gasteiger partial charge is 0.507 e. The highest BCUT2D eigenvalue weighted by Gasteiger charge is 2.22. The standard InChI is InChI=1S/C14H19BrN2O2/c1-2-5-16-6-8-17(9-7-16)14(19)11-3-4-12(15)13(18)10-11/h3-4,10,18H,2,5-9H2,1H3. The van der Waals surface area contributed by atoms with Crippen LogP contribution >= 0.6 is 15.9 Å². The third-order valence-corrected chi connectivity index (χ3v) is 4.06. The zero-order chi connectivity index (χ0) is 13.8. The van der Waals surface area contributed by atoms with E-state index in [1.54, 1.807) is 12.1 Å². The summed E-state index contributed by atoms with van der Waals surface area (Å²) in [6.07, 6.45) is 1.15. The summed E-state index contributed by atoms with van der Waals surface area (Å²) in [6.45, 7) is 6.65. The van der Waals surface area contributed by atoms with Gasteiger partial charge in [0.1, 0.15) is 5.75 Å². The van der Waals surface area contributed by atoms with Gasteiger partial charge < -0.3 is 10.0 Å². The van der Waals surface area contributed by atoms with Gasteiger partial charge in [-0.2, -0.15) is 0 Å². The third-order valence-electron chi connectivity index (χ3n) is 3.39. The van der Waals surface area contributed by atoms with Crippen molar-refractivity contribution < 1.29 is 9.90 Å². The highest BCUT2D eigenvalue weighted by molar-refractivity contribution is 9.10. The number of rotatable bonds is 3. The number of piperazine rings is 1. The van der Waals surface area contributed by atoms with Gasteiger partial charge in [0, 0.05) is 31.7 Å². The topological polar surface area (TPSA) is 43.8 Å². The van der Waals surface area contributed by atoms with Gasteiger partial charge >= 0.3 is 0 Å². The monoisotopic (exact) mass is 326 g/mol. The molecule has 104 valence electrons. The molecule has 0 bridgehead atoms. The van der Waals surface area contributed by atoms with Crippen LogP contribution in [0.1, 0.15) is 23.7 Å². The molecule has 0 radical (unpaired) electrons. The van der Waals surface area contributed by atoms with Crippen LogP contribution in [0, 0.1) is 0 Å². The normalized spacial score (nSPS) is 16.6. The second-order valence-corrected chi connectivity index (χ2v) is 5.65. The average molecular weight is 327 g/mol. The Morgan fingerprint density at radius 2 is 2.00 bits per heavy atom. The molecule has 1 heterocycles. The first-order valence-electron chi connectivity index (χ1n) is 6.62. The summed E-state index contributed by atoms with van der Waals surface area (Å²) in [6, 6.07) is 4.96. The van der Waals surface area contributed by atoms with Gasteiger partial charge in [-0.15, -0.1) is 0 Å². The van der Waals surface area contributed by atoms with E-state index in [9.17, 15) is 9.90 Å². The van der Waals surface area contributed by atoms with Crippen molar-refractivity contribution in [1.82, 2.24) is 9.80 Å². The van der Waals surface area contributed by atoms with Crippen molar-refractivity contribution in [3.8, 4) is 5.75 Å². The van der Waals surface area contributed by atoms with Crippen LogP contribution in [0.25, 0.3) is 0 Å². The van der Waals surface area contributed by atoms with Crippen molar-refractivity contribution >= 4 is 21.8 Å². The zero-order valence-electron chi connectivity index (χ0n) is 11.1. The van der Waals surface area contributed by atoms with Crippen molar-refractivity contribution in [3.63, 3.8) is 0 Å². The Kier molecular flexibility index (Phi) is 4.82. The van der Waals surface area contributed by atoms with Crippen LogP contribution in [0.5, 0.6) is 5.75 Å². The van der Waals surface area contributed by atoms with E-state index in [-0.39, 0.29) is 11.7 Å². The van der Waals surface area contributed by atoms with Gasteiger partial charge in [0.15, 0.2) is 0 Å². The highest BCUT2D eigenvalue weighted by atomic mass is 79.9. The van der Waals surface area contributed by atoms with Crippen LogP contribution in [-0.2, 0) is 0 Å². The molecule has 1 aliphatic rings. The number of nitrogens with zero attached hydrogens (tertiary/aromatic N) is 2. The van der Waals surface area contributed by atoms with E-state index < -0.39 is 0 Å². The lowest BCUT2D eigenvalue weighted by Gasteiger charge is -2.34. The Morgan fingerprint density at radius 3 is 2.58 bits per heavy atom. The first-order chi connectivity index (χ1) is 9.11. The maximum atomic E-state index is 12.3. The molecule has 0 aromatic heterocycles. The molecule has 0 unspecified atom stereocenters. The SMILES string of the molecule is CCCN1CCN(C(=O)c2ccc(Br)c(O)c2)CC1. The molecular weight excluding hydrogens is 308 g/mol. The van der Waals surface area contributed by atoms with E-state index in [2.05, 4.69) is 27.8 Å². The average Bonchev–Trinajstić information content (AvgIpc) is 2.42. The van der Waals surface area contributed by atoms with Crippen LogP contribution in [0.4, 0.5) is 0 Å². The van der Waals surface area contributed by atoms with Crippen LogP contribution in [0.15, 0.2) is 22.7 Å². The number of amides is 1. The van der Waals surface area contributed by atoms with Crippen molar-refractivity contribution in [2.45, 2.75) is 13.3 Å². The predicted octanol–water partition coefficient (Wildman–Crippen LogP) is 2.32. The summed E-state index contributed by atoms with van der Waals surface area (Å²) in [5.74, 6) is 0.106. The molecule has 0 spiro atoms. The number of benzene rings is 1. The van der Waals surface area contributed by atoms with Crippen molar-refractivity contribution in [3.05, 3.63) is 28.2 Å². The van der Waals surface area contributed by atoms with Gasteiger partial charge in [0.2, 0.25) is 0 Å². The second kappa shape index (κ2) is 6.39. The fourth-order valence-corrected chi connectivity index (χ4v) is 2.57. The summed E-state index contributed by atoms with van der Waals surface area (Å²) < 4.78 is 0.608. The first-order valence-corrected chi connectivity index (χ1v) is 7.41. The highest BCUT2D eigenvalue weighted by Crippen LogP contribution is 2.25. The van der Waals surface area contributed by atoms with Crippen LogP contribution < -0.4 is 0 Å². The van der Waals surface area contributed by atoms with E-state index in [1.807, 2.05) is 4.90 Å². The minimum Gasteiger partial charge on any atom is -0.507 e. The van der Waals surface area contributed by atoms with Crippen LogP contribution in [0.3, 0.4) is 0 Å². The number of phenolic OH excluding ortho intramolecular Hbond substituents is 1. The molecule has 0 atom stereocenters. The van der Waals surface area contributed by atoms with Crippen molar-refractivity contribution in [2.24, 2.45) is 0 Å². The summed E-state index contributed by atoms with van der Waals surface area (Å²) >= 11 is 3.22. The van der Waals surface area contributed by atoms with E-state index in [0.717, 1.165) is 39.1 Å². The summed E-state index contributed by atoms with van der Waals surface area (Å²) in [5.41, 5.74) is 0.546. The van der Waals surface area contributed by atoms with Gasteiger partial charge in [-0.3, -0.25) is 9.69 Å². The molecule has 19 heavy (non-hydrogen) atoms. The molecule has 2 rings (SSSR count).